The van der Waals surface area contributed by atoms with Crippen molar-refractivity contribution >= 4 is 22.9 Å². The van der Waals surface area contributed by atoms with Gasteiger partial charge in [0.25, 0.3) is 5.91 Å². The van der Waals surface area contributed by atoms with Crippen LogP contribution in [0.1, 0.15) is 17.5 Å². The lowest BCUT2D eigenvalue weighted by molar-refractivity contribution is 0.0987. The van der Waals surface area contributed by atoms with E-state index in [4.69, 9.17) is 4.52 Å². The number of imidazole rings is 1. The van der Waals surface area contributed by atoms with Crippen LogP contribution in [0.4, 0.5) is 10.3 Å². The number of carbonyl (C=O) groups is 1. The highest BCUT2D eigenvalue weighted by Crippen LogP contribution is 2.22. The van der Waals surface area contributed by atoms with E-state index in [0.29, 0.717) is 23.8 Å². The molecule has 4 rings (SSSR count). The van der Waals surface area contributed by atoms with Gasteiger partial charge in [-0.25, -0.2) is 9.37 Å². The van der Waals surface area contributed by atoms with Crippen molar-refractivity contribution < 1.29 is 13.7 Å². The zero-order chi connectivity index (χ0) is 18.1. The van der Waals surface area contributed by atoms with Crippen LogP contribution >= 0.6 is 0 Å². The van der Waals surface area contributed by atoms with Gasteiger partial charge in [0.2, 0.25) is 11.7 Å². The number of hydrogen-bond acceptors (Lipinski definition) is 4. The Kier molecular flexibility index (Phi) is 3.96. The SMILES string of the molecule is CCn1c(NC(=O)c2cc(-c3cccc(F)c3)no2)nc2ccccc21. The van der Waals surface area contributed by atoms with Gasteiger partial charge in [-0.05, 0) is 31.2 Å². The predicted molar refractivity (Wildman–Crippen MR) is 95.3 cm³/mol. The molecule has 2 heterocycles. The van der Waals surface area contributed by atoms with Gasteiger partial charge < -0.3 is 9.09 Å². The molecule has 4 aromatic rings. The fourth-order valence-corrected chi connectivity index (χ4v) is 2.82. The number of para-hydroxylation sites is 2. The zero-order valence-electron chi connectivity index (χ0n) is 13.9. The lowest BCUT2D eigenvalue weighted by atomic mass is 10.1. The van der Waals surface area contributed by atoms with E-state index in [0.717, 1.165) is 11.0 Å². The maximum Gasteiger partial charge on any atom is 0.296 e. The Labute approximate surface area is 148 Å². The number of aromatic nitrogens is 3. The van der Waals surface area contributed by atoms with Crippen molar-refractivity contribution in [3.63, 3.8) is 0 Å². The van der Waals surface area contributed by atoms with Crippen LogP contribution in [0.2, 0.25) is 0 Å². The molecule has 130 valence electrons. The first kappa shape index (κ1) is 16.0. The summed E-state index contributed by atoms with van der Waals surface area (Å²) in [4.78, 5) is 16.9. The summed E-state index contributed by atoms with van der Waals surface area (Å²) < 4.78 is 20.4. The standard InChI is InChI=1S/C19H15FN4O2/c1-2-24-16-9-4-3-8-14(16)21-19(24)22-18(25)17-11-15(23-26-17)12-6-5-7-13(20)10-12/h3-11H,2H2,1H3,(H,21,22,25). The highest BCUT2D eigenvalue weighted by molar-refractivity contribution is 6.02. The number of aryl methyl sites for hydroxylation is 1. The van der Waals surface area contributed by atoms with Gasteiger partial charge in [0.1, 0.15) is 11.5 Å². The highest BCUT2D eigenvalue weighted by Gasteiger charge is 2.18. The molecule has 0 spiro atoms. The van der Waals surface area contributed by atoms with Gasteiger partial charge >= 0.3 is 0 Å². The number of amides is 1. The van der Waals surface area contributed by atoms with E-state index in [2.05, 4.69) is 15.5 Å². The van der Waals surface area contributed by atoms with Crippen LogP contribution in [0.15, 0.2) is 59.1 Å². The van der Waals surface area contributed by atoms with Crippen LogP contribution in [0, 0.1) is 5.82 Å². The van der Waals surface area contributed by atoms with E-state index in [1.807, 2.05) is 35.8 Å². The fraction of sp³-hybridized carbons (Fsp3) is 0.105. The summed E-state index contributed by atoms with van der Waals surface area (Å²) in [7, 11) is 0. The molecule has 0 unspecified atom stereocenters. The number of anilines is 1. The normalized spacial score (nSPS) is 11.0. The molecule has 0 aliphatic carbocycles. The van der Waals surface area contributed by atoms with Crippen molar-refractivity contribution in [2.45, 2.75) is 13.5 Å². The van der Waals surface area contributed by atoms with Crippen LogP contribution in [-0.2, 0) is 6.54 Å². The molecule has 1 N–H and O–H groups in total. The Hall–Kier alpha value is -3.48. The summed E-state index contributed by atoms with van der Waals surface area (Å²) in [5.74, 6) is -0.389. The maximum atomic E-state index is 13.3. The van der Waals surface area contributed by atoms with Gasteiger partial charge in [-0.2, -0.15) is 0 Å². The Morgan fingerprint density at radius 2 is 2.04 bits per heavy atom. The first-order valence-corrected chi connectivity index (χ1v) is 8.15. The van der Waals surface area contributed by atoms with Crippen LogP contribution in [-0.4, -0.2) is 20.6 Å². The molecule has 1 amide bonds. The summed E-state index contributed by atoms with van der Waals surface area (Å²) >= 11 is 0. The minimum atomic E-state index is -0.467. The summed E-state index contributed by atoms with van der Waals surface area (Å²) in [5.41, 5.74) is 2.65. The lowest BCUT2D eigenvalue weighted by Crippen LogP contribution is -2.15. The van der Waals surface area contributed by atoms with Gasteiger partial charge in [0.05, 0.1) is 11.0 Å². The molecule has 0 aliphatic rings. The fourth-order valence-electron chi connectivity index (χ4n) is 2.82. The third-order valence-corrected chi connectivity index (χ3v) is 4.05. The Balaban J connectivity index is 1.61. The van der Waals surface area contributed by atoms with E-state index in [9.17, 15) is 9.18 Å². The number of fused-ring (bicyclic) bond motifs is 1. The van der Waals surface area contributed by atoms with Crippen LogP contribution in [0.3, 0.4) is 0 Å². The van der Waals surface area contributed by atoms with Crippen LogP contribution in [0.5, 0.6) is 0 Å². The molecular weight excluding hydrogens is 335 g/mol. The number of benzene rings is 2. The van der Waals surface area contributed by atoms with E-state index in [-0.39, 0.29) is 11.6 Å². The molecule has 0 saturated carbocycles. The second-order valence-electron chi connectivity index (χ2n) is 5.71. The number of halogens is 1. The first-order valence-electron chi connectivity index (χ1n) is 8.15. The molecule has 2 aromatic heterocycles. The minimum absolute atomic E-state index is 0.0268. The van der Waals surface area contributed by atoms with Crippen molar-refractivity contribution in [2.75, 3.05) is 5.32 Å². The lowest BCUT2D eigenvalue weighted by Gasteiger charge is -2.05. The van der Waals surface area contributed by atoms with Crippen molar-refractivity contribution in [1.82, 2.24) is 14.7 Å². The van der Waals surface area contributed by atoms with Crippen LogP contribution < -0.4 is 5.32 Å². The molecule has 2 aromatic carbocycles. The highest BCUT2D eigenvalue weighted by atomic mass is 19.1. The summed E-state index contributed by atoms with van der Waals surface area (Å²) in [6.07, 6.45) is 0. The van der Waals surface area contributed by atoms with E-state index >= 15 is 0 Å². The molecule has 0 bridgehead atoms. The number of nitrogens with one attached hydrogen (secondary N) is 1. The molecule has 0 fully saturated rings. The number of hydrogen-bond donors (Lipinski definition) is 1. The zero-order valence-corrected chi connectivity index (χ0v) is 13.9. The predicted octanol–water partition coefficient (Wildman–Crippen LogP) is 4.10. The summed E-state index contributed by atoms with van der Waals surface area (Å²) in [5, 5.41) is 6.59. The largest absolute Gasteiger partial charge is 0.350 e. The Morgan fingerprint density at radius 1 is 1.19 bits per heavy atom. The topological polar surface area (TPSA) is 73.0 Å². The van der Waals surface area contributed by atoms with Crippen molar-refractivity contribution in [3.05, 3.63) is 66.2 Å². The van der Waals surface area contributed by atoms with Gasteiger partial charge in [0.15, 0.2) is 0 Å². The maximum absolute atomic E-state index is 13.3. The average molecular weight is 350 g/mol. The molecule has 7 heteroatoms. The molecule has 0 saturated heterocycles. The third kappa shape index (κ3) is 2.83. The van der Waals surface area contributed by atoms with Gasteiger partial charge in [-0.3, -0.25) is 10.1 Å². The minimum Gasteiger partial charge on any atom is -0.350 e. The monoisotopic (exact) mass is 350 g/mol. The third-order valence-electron chi connectivity index (χ3n) is 4.05. The average Bonchev–Trinajstić information content (AvgIpc) is 3.26. The van der Waals surface area contributed by atoms with Gasteiger partial charge in [-0.1, -0.05) is 29.4 Å². The van der Waals surface area contributed by atoms with E-state index in [1.165, 1.54) is 18.2 Å². The second kappa shape index (κ2) is 6.44. The number of carbonyl (C=O) groups excluding carboxylic acids is 1. The molecule has 0 radical (unpaired) electrons. The number of nitrogens with zero attached hydrogens (tertiary/aromatic N) is 3. The van der Waals surface area contributed by atoms with E-state index in [1.54, 1.807) is 12.1 Å². The van der Waals surface area contributed by atoms with E-state index < -0.39 is 5.91 Å². The van der Waals surface area contributed by atoms with Crippen LogP contribution in [0.25, 0.3) is 22.3 Å². The second-order valence-corrected chi connectivity index (χ2v) is 5.71. The first-order chi connectivity index (χ1) is 12.7. The van der Waals surface area contributed by atoms with Crippen molar-refractivity contribution in [2.24, 2.45) is 0 Å². The molecule has 0 aliphatic heterocycles. The molecule has 6 nitrogen and oxygen atoms in total. The van der Waals surface area contributed by atoms with Gasteiger partial charge in [0, 0.05) is 18.2 Å². The number of rotatable bonds is 4. The summed E-state index contributed by atoms with van der Waals surface area (Å²) in [6, 6.07) is 15.0. The smallest absolute Gasteiger partial charge is 0.296 e. The molecular formula is C19H15FN4O2. The quantitative estimate of drug-likeness (QED) is 0.601. The van der Waals surface area contributed by atoms with Crippen molar-refractivity contribution in [3.8, 4) is 11.3 Å². The van der Waals surface area contributed by atoms with Crippen molar-refractivity contribution in [1.29, 1.82) is 0 Å². The van der Waals surface area contributed by atoms with Gasteiger partial charge in [-0.15, -0.1) is 0 Å². The molecule has 0 atom stereocenters. The molecule has 26 heavy (non-hydrogen) atoms. The Bertz CT molecular complexity index is 1100. The summed E-state index contributed by atoms with van der Waals surface area (Å²) in [6.45, 7) is 2.63. The Morgan fingerprint density at radius 3 is 2.85 bits per heavy atom.